The monoisotopic (exact) mass is 242 g/mol. The van der Waals surface area contributed by atoms with Gasteiger partial charge in [-0.25, -0.2) is 0 Å². The van der Waals surface area contributed by atoms with Crippen LogP contribution in [0.3, 0.4) is 0 Å². The maximum Gasteiger partial charge on any atom is 0.216 e. The van der Waals surface area contributed by atoms with E-state index in [4.69, 9.17) is 4.74 Å². The lowest BCUT2D eigenvalue weighted by atomic mass is 10.1. The van der Waals surface area contributed by atoms with Gasteiger partial charge in [0.05, 0.1) is 12.7 Å². The highest BCUT2D eigenvalue weighted by atomic mass is 16.5. The van der Waals surface area contributed by atoms with Crippen LogP contribution in [0.5, 0.6) is 0 Å². The fourth-order valence-corrected chi connectivity index (χ4v) is 2.09. The second-order valence-corrected chi connectivity index (χ2v) is 5.27. The summed E-state index contributed by atoms with van der Waals surface area (Å²) in [6, 6.07) is 0. The third kappa shape index (κ3) is 6.64. The highest BCUT2D eigenvalue weighted by Crippen LogP contribution is 2.09. The smallest absolute Gasteiger partial charge is 0.216 e. The van der Waals surface area contributed by atoms with Crippen LogP contribution in [-0.2, 0) is 9.53 Å². The van der Waals surface area contributed by atoms with Gasteiger partial charge in [0.1, 0.15) is 0 Å². The minimum absolute atomic E-state index is 0.0190. The summed E-state index contributed by atoms with van der Waals surface area (Å²) >= 11 is 0. The number of rotatable bonds is 6. The van der Waals surface area contributed by atoms with E-state index in [2.05, 4.69) is 24.1 Å². The maximum atomic E-state index is 10.8. The molecule has 1 amide bonds. The molecule has 1 aliphatic heterocycles. The van der Waals surface area contributed by atoms with Crippen molar-refractivity contribution < 1.29 is 9.53 Å². The number of carbonyl (C=O) groups is 1. The lowest BCUT2D eigenvalue weighted by molar-refractivity contribution is -0.120. The number of hydrogen-bond acceptors (Lipinski definition) is 3. The predicted octanol–water partition coefficient (Wildman–Crippen LogP) is 1.26. The van der Waals surface area contributed by atoms with E-state index in [0.717, 1.165) is 32.2 Å². The van der Waals surface area contributed by atoms with E-state index in [1.54, 1.807) is 6.92 Å². The van der Waals surface area contributed by atoms with E-state index in [9.17, 15) is 4.79 Å². The molecule has 4 nitrogen and oxygen atoms in total. The first-order valence-electron chi connectivity index (χ1n) is 6.66. The fourth-order valence-electron chi connectivity index (χ4n) is 2.09. The zero-order chi connectivity index (χ0) is 12.7. The van der Waals surface area contributed by atoms with Crippen LogP contribution in [0, 0.1) is 5.92 Å². The Morgan fingerprint density at radius 3 is 2.94 bits per heavy atom. The number of nitrogens with zero attached hydrogens (tertiary/aromatic N) is 1. The zero-order valence-electron chi connectivity index (χ0n) is 11.4. The largest absolute Gasteiger partial charge is 0.374 e. The highest BCUT2D eigenvalue weighted by molar-refractivity contribution is 5.72. The number of amides is 1. The van der Waals surface area contributed by atoms with Crippen LogP contribution in [0.2, 0.25) is 0 Å². The third-order valence-electron chi connectivity index (χ3n) is 3.06. The minimum atomic E-state index is 0.0190. The molecule has 0 aliphatic carbocycles. The van der Waals surface area contributed by atoms with E-state index in [1.807, 2.05) is 0 Å². The Morgan fingerprint density at radius 1 is 1.53 bits per heavy atom. The lowest BCUT2D eigenvalue weighted by Gasteiger charge is -2.33. The van der Waals surface area contributed by atoms with E-state index in [0.29, 0.717) is 6.54 Å². The van der Waals surface area contributed by atoms with Gasteiger partial charge in [0.25, 0.3) is 0 Å². The van der Waals surface area contributed by atoms with Crippen molar-refractivity contribution in [2.24, 2.45) is 5.92 Å². The zero-order valence-corrected chi connectivity index (χ0v) is 11.4. The number of nitrogens with one attached hydrogen (secondary N) is 1. The molecule has 0 unspecified atom stereocenters. The normalized spacial score (nSPS) is 21.8. The molecule has 0 aromatic heterocycles. The second-order valence-electron chi connectivity index (χ2n) is 5.27. The molecule has 1 aliphatic rings. The molecule has 0 spiro atoms. The summed E-state index contributed by atoms with van der Waals surface area (Å²) in [5.74, 6) is 0.803. The van der Waals surface area contributed by atoms with Crippen molar-refractivity contribution in [2.45, 2.75) is 39.7 Å². The Bertz CT molecular complexity index is 231. The van der Waals surface area contributed by atoms with Gasteiger partial charge >= 0.3 is 0 Å². The van der Waals surface area contributed by atoms with Gasteiger partial charge in [0.2, 0.25) is 5.91 Å². The summed E-state index contributed by atoms with van der Waals surface area (Å²) in [7, 11) is 0. The van der Waals surface area contributed by atoms with E-state index < -0.39 is 0 Å². The number of hydrogen-bond donors (Lipinski definition) is 1. The number of ether oxygens (including phenoxy) is 1. The summed E-state index contributed by atoms with van der Waals surface area (Å²) in [6.07, 6.45) is 2.70. The quantitative estimate of drug-likeness (QED) is 0.762. The van der Waals surface area contributed by atoms with Gasteiger partial charge in [-0.2, -0.15) is 0 Å². The molecule has 0 bridgehead atoms. The highest BCUT2D eigenvalue weighted by Gasteiger charge is 2.19. The van der Waals surface area contributed by atoms with Gasteiger partial charge in [0.15, 0.2) is 0 Å². The predicted molar refractivity (Wildman–Crippen MR) is 68.9 cm³/mol. The molecule has 1 rings (SSSR count). The molecule has 1 atom stereocenters. The Morgan fingerprint density at radius 2 is 2.29 bits per heavy atom. The molecular formula is C13H26N2O2. The van der Waals surface area contributed by atoms with Crippen LogP contribution in [0.4, 0.5) is 0 Å². The minimum Gasteiger partial charge on any atom is -0.374 e. The molecule has 17 heavy (non-hydrogen) atoms. The summed E-state index contributed by atoms with van der Waals surface area (Å²) in [6.45, 7) is 10.6. The standard InChI is InChI=1S/C13H26N2O2/c1-11(2)5-4-6-15-7-8-17-13(10-15)9-14-12(3)16/h11,13H,4-10H2,1-3H3,(H,14,16)/t13-/m0/s1. The molecular weight excluding hydrogens is 216 g/mol. The molecule has 1 N–H and O–H groups in total. The average molecular weight is 242 g/mol. The molecule has 0 aromatic rings. The van der Waals surface area contributed by atoms with Crippen LogP contribution in [0.1, 0.15) is 33.6 Å². The lowest BCUT2D eigenvalue weighted by Crippen LogP contribution is -2.47. The van der Waals surface area contributed by atoms with Crippen LogP contribution < -0.4 is 5.32 Å². The summed E-state index contributed by atoms with van der Waals surface area (Å²) in [4.78, 5) is 13.3. The number of morpholine rings is 1. The van der Waals surface area contributed by atoms with Gasteiger partial charge in [-0.05, 0) is 25.3 Å². The van der Waals surface area contributed by atoms with Gasteiger partial charge in [0, 0.05) is 26.6 Å². The van der Waals surface area contributed by atoms with Gasteiger partial charge in [-0.3, -0.25) is 9.69 Å². The molecule has 100 valence electrons. The van der Waals surface area contributed by atoms with Crippen molar-refractivity contribution >= 4 is 5.91 Å². The molecule has 1 saturated heterocycles. The first kappa shape index (κ1) is 14.5. The van der Waals surface area contributed by atoms with Crippen molar-refractivity contribution in [1.82, 2.24) is 10.2 Å². The van der Waals surface area contributed by atoms with Crippen LogP contribution in [-0.4, -0.2) is 49.7 Å². The SMILES string of the molecule is CC(=O)NC[C@H]1CN(CCCC(C)C)CCO1. The van der Waals surface area contributed by atoms with Gasteiger partial charge in [-0.1, -0.05) is 13.8 Å². The average Bonchev–Trinajstić information content (AvgIpc) is 2.26. The Labute approximate surface area is 105 Å². The molecule has 0 saturated carbocycles. The van der Waals surface area contributed by atoms with Crippen LogP contribution in [0.15, 0.2) is 0 Å². The number of carbonyl (C=O) groups excluding carboxylic acids is 1. The first-order chi connectivity index (χ1) is 8.08. The van der Waals surface area contributed by atoms with Crippen molar-refractivity contribution in [3.8, 4) is 0 Å². The third-order valence-corrected chi connectivity index (χ3v) is 3.06. The van der Waals surface area contributed by atoms with E-state index in [1.165, 1.54) is 12.8 Å². The second kappa shape index (κ2) is 7.67. The first-order valence-corrected chi connectivity index (χ1v) is 6.66. The topological polar surface area (TPSA) is 41.6 Å². The maximum absolute atomic E-state index is 10.8. The molecule has 4 heteroatoms. The molecule has 0 radical (unpaired) electrons. The van der Waals surface area contributed by atoms with Crippen LogP contribution >= 0.6 is 0 Å². The van der Waals surface area contributed by atoms with Crippen molar-refractivity contribution in [1.29, 1.82) is 0 Å². The summed E-state index contributed by atoms with van der Waals surface area (Å²) in [5, 5.41) is 2.82. The van der Waals surface area contributed by atoms with E-state index >= 15 is 0 Å². The van der Waals surface area contributed by atoms with E-state index in [-0.39, 0.29) is 12.0 Å². The molecule has 1 fully saturated rings. The Balaban J connectivity index is 2.17. The molecule has 1 heterocycles. The molecule has 0 aromatic carbocycles. The van der Waals surface area contributed by atoms with Crippen molar-refractivity contribution in [2.75, 3.05) is 32.8 Å². The van der Waals surface area contributed by atoms with Gasteiger partial charge in [-0.15, -0.1) is 0 Å². The van der Waals surface area contributed by atoms with Crippen molar-refractivity contribution in [3.63, 3.8) is 0 Å². The Kier molecular flexibility index (Phi) is 6.52. The fraction of sp³-hybridized carbons (Fsp3) is 0.923. The summed E-state index contributed by atoms with van der Waals surface area (Å²) < 4.78 is 5.63. The van der Waals surface area contributed by atoms with Gasteiger partial charge < -0.3 is 10.1 Å². The summed E-state index contributed by atoms with van der Waals surface area (Å²) in [5.41, 5.74) is 0. The van der Waals surface area contributed by atoms with Crippen molar-refractivity contribution in [3.05, 3.63) is 0 Å². The Hall–Kier alpha value is -0.610. The van der Waals surface area contributed by atoms with Crippen LogP contribution in [0.25, 0.3) is 0 Å².